The number of anilines is 1. The van der Waals surface area contributed by atoms with Crippen molar-refractivity contribution in [2.75, 3.05) is 31.7 Å². The van der Waals surface area contributed by atoms with E-state index in [0.717, 1.165) is 19.6 Å². The molecule has 0 saturated carbocycles. The van der Waals surface area contributed by atoms with Crippen LogP contribution in [0.5, 0.6) is 0 Å². The van der Waals surface area contributed by atoms with Crippen LogP contribution in [0.4, 0.5) is 5.69 Å². The Balaban J connectivity index is 1.34. The van der Waals surface area contributed by atoms with Crippen molar-refractivity contribution in [1.82, 2.24) is 9.80 Å². The first-order valence-corrected chi connectivity index (χ1v) is 10.2. The molecule has 4 rings (SSSR count). The van der Waals surface area contributed by atoms with Crippen LogP contribution in [0.15, 0.2) is 36.4 Å². The highest BCUT2D eigenvalue weighted by atomic mass is 16.2. The van der Waals surface area contributed by atoms with E-state index < -0.39 is 0 Å². The van der Waals surface area contributed by atoms with Crippen LogP contribution < -0.4 is 4.90 Å². The maximum atomic E-state index is 12.6. The lowest BCUT2D eigenvalue weighted by atomic mass is 9.85. The lowest BCUT2D eigenvalue weighted by Gasteiger charge is -2.29. The largest absolute Gasteiger partial charge is 0.372 e. The molecule has 2 heterocycles. The van der Waals surface area contributed by atoms with E-state index in [1.165, 1.54) is 35.4 Å². The van der Waals surface area contributed by atoms with Gasteiger partial charge in [-0.1, -0.05) is 24.3 Å². The molecule has 2 saturated heterocycles. The summed E-state index contributed by atoms with van der Waals surface area (Å²) in [5.74, 6) is -0.275. The number of benzene rings is 1. The number of rotatable bonds is 5. The molecule has 27 heavy (non-hydrogen) atoms. The van der Waals surface area contributed by atoms with Gasteiger partial charge in [0.15, 0.2) is 0 Å². The van der Waals surface area contributed by atoms with E-state index in [9.17, 15) is 9.59 Å². The van der Waals surface area contributed by atoms with Crippen molar-refractivity contribution < 1.29 is 9.59 Å². The summed E-state index contributed by atoms with van der Waals surface area (Å²) >= 11 is 0. The van der Waals surface area contributed by atoms with Crippen molar-refractivity contribution in [3.8, 4) is 0 Å². The minimum atomic E-state index is -0.139. The molecule has 0 N–H and O–H groups in total. The molecule has 2 atom stereocenters. The Hall–Kier alpha value is -2.14. The zero-order valence-electron chi connectivity index (χ0n) is 16.1. The van der Waals surface area contributed by atoms with Gasteiger partial charge in [-0.15, -0.1) is 0 Å². The predicted octanol–water partition coefficient (Wildman–Crippen LogP) is 3.02. The summed E-state index contributed by atoms with van der Waals surface area (Å²) in [6, 6.07) is 8.72. The normalized spacial score (nSPS) is 25.4. The molecule has 1 aromatic carbocycles. The second-order valence-electron chi connectivity index (χ2n) is 8.13. The highest BCUT2D eigenvalue weighted by Gasteiger charge is 2.47. The summed E-state index contributed by atoms with van der Waals surface area (Å²) in [6.07, 6.45) is 9.36. The number of imide groups is 1. The van der Waals surface area contributed by atoms with Gasteiger partial charge in [0.25, 0.3) is 0 Å². The van der Waals surface area contributed by atoms with E-state index >= 15 is 0 Å². The number of carbonyl (C=O) groups excluding carboxylic acids is 2. The Morgan fingerprint density at radius 2 is 1.52 bits per heavy atom. The quantitative estimate of drug-likeness (QED) is 0.593. The van der Waals surface area contributed by atoms with Gasteiger partial charge in [-0.2, -0.15) is 0 Å². The lowest BCUT2D eigenvalue weighted by molar-refractivity contribution is -0.142. The number of allylic oxidation sites excluding steroid dienone is 2. The molecule has 1 aliphatic carbocycles. The van der Waals surface area contributed by atoms with Crippen molar-refractivity contribution in [2.24, 2.45) is 11.8 Å². The average molecular weight is 367 g/mol. The van der Waals surface area contributed by atoms with Crippen LogP contribution >= 0.6 is 0 Å². The third-order valence-electron chi connectivity index (χ3n) is 6.09. The van der Waals surface area contributed by atoms with Gasteiger partial charge in [0.1, 0.15) is 0 Å². The van der Waals surface area contributed by atoms with Gasteiger partial charge < -0.3 is 4.90 Å². The van der Waals surface area contributed by atoms with Crippen LogP contribution in [0.2, 0.25) is 0 Å². The fraction of sp³-hybridized carbons (Fsp3) is 0.545. The Bertz CT molecular complexity index is 696. The summed E-state index contributed by atoms with van der Waals surface area (Å²) in [6.45, 7) is 3.40. The van der Waals surface area contributed by atoms with E-state index in [4.69, 9.17) is 0 Å². The van der Waals surface area contributed by atoms with Crippen molar-refractivity contribution in [2.45, 2.75) is 38.6 Å². The van der Waals surface area contributed by atoms with Gasteiger partial charge in [-0.3, -0.25) is 19.4 Å². The number of hydrogen-bond donors (Lipinski definition) is 0. The lowest BCUT2D eigenvalue weighted by Crippen LogP contribution is -2.40. The number of fused-ring (bicyclic) bond motifs is 1. The maximum Gasteiger partial charge on any atom is 0.234 e. The molecule has 0 aromatic heterocycles. The van der Waals surface area contributed by atoms with Gasteiger partial charge in [-0.25, -0.2) is 0 Å². The number of likely N-dealkylation sites (tertiary alicyclic amines) is 1. The van der Waals surface area contributed by atoms with Crippen LogP contribution in [-0.4, -0.2) is 48.4 Å². The van der Waals surface area contributed by atoms with E-state index in [-0.39, 0.29) is 23.7 Å². The number of amides is 2. The minimum Gasteiger partial charge on any atom is -0.372 e. The van der Waals surface area contributed by atoms with Crippen molar-refractivity contribution in [3.63, 3.8) is 0 Å². The Morgan fingerprint density at radius 3 is 2.11 bits per heavy atom. The summed E-state index contributed by atoms with van der Waals surface area (Å²) in [4.78, 5) is 31.2. The second-order valence-corrected chi connectivity index (χ2v) is 8.13. The molecular formula is C22H29N3O2. The van der Waals surface area contributed by atoms with E-state index in [1.54, 1.807) is 0 Å². The number of hydrogen-bond acceptors (Lipinski definition) is 4. The van der Waals surface area contributed by atoms with Crippen molar-refractivity contribution in [3.05, 3.63) is 42.0 Å². The fourth-order valence-corrected chi connectivity index (χ4v) is 4.58. The van der Waals surface area contributed by atoms with Gasteiger partial charge >= 0.3 is 0 Å². The standard InChI is InChI=1S/C22H29N3O2/c1-23(16-25-21(26)19-7-3-4-8-20(19)22(25)27)15-17-9-11-18(12-10-17)24-13-5-2-6-14-24/h3-4,9-12,19-20H,2,5-8,13-16H2,1H3/t19-,20-/m0/s1. The van der Waals surface area contributed by atoms with Gasteiger partial charge in [0.05, 0.1) is 18.5 Å². The maximum absolute atomic E-state index is 12.6. The minimum absolute atomic E-state index is 0.00152. The summed E-state index contributed by atoms with van der Waals surface area (Å²) < 4.78 is 0. The number of piperidine rings is 1. The molecule has 2 fully saturated rings. The van der Waals surface area contributed by atoms with Crippen LogP contribution in [0.25, 0.3) is 0 Å². The molecule has 144 valence electrons. The molecule has 1 aromatic rings. The zero-order valence-corrected chi connectivity index (χ0v) is 16.1. The third-order valence-corrected chi connectivity index (χ3v) is 6.09. The predicted molar refractivity (Wildman–Crippen MR) is 106 cm³/mol. The van der Waals surface area contributed by atoms with Crippen molar-refractivity contribution in [1.29, 1.82) is 0 Å². The average Bonchev–Trinajstić information content (AvgIpc) is 2.94. The smallest absolute Gasteiger partial charge is 0.234 e. The first-order chi connectivity index (χ1) is 13.1. The highest BCUT2D eigenvalue weighted by molar-refractivity contribution is 6.05. The first kappa shape index (κ1) is 18.2. The van der Waals surface area contributed by atoms with Crippen LogP contribution in [0.1, 0.15) is 37.7 Å². The molecule has 2 amide bonds. The Labute approximate surface area is 161 Å². The van der Waals surface area contributed by atoms with E-state index in [0.29, 0.717) is 19.5 Å². The molecule has 3 aliphatic rings. The molecule has 5 heteroatoms. The second kappa shape index (κ2) is 7.85. The summed E-state index contributed by atoms with van der Waals surface area (Å²) in [5.41, 5.74) is 2.50. The first-order valence-electron chi connectivity index (χ1n) is 10.2. The number of carbonyl (C=O) groups is 2. The van der Waals surface area contributed by atoms with Gasteiger partial charge in [0, 0.05) is 25.3 Å². The molecule has 0 spiro atoms. The fourth-order valence-electron chi connectivity index (χ4n) is 4.58. The monoisotopic (exact) mass is 367 g/mol. The summed E-state index contributed by atoms with van der Waals surface area (Å²) in [7, 11) is 1.97. The van der Waals surface area contributed by atoms with Crippen molar-refractivity contribution >= 4 is 17.5 Å². The van der Waals surface area contributed by atoms with E-state index in [2.05, 4.69) is 34.1 Å². The van der Waals surface area contributed by atoms with Gasteiger partial charge in [-0.05, 0) is 56.8 Å². The SMILES string of the molecule is CN(Cc1ccc(N2CCCCC2)cc1)CN1C(=O)[C@H]2CC=CC[C@@H]2C1=O. The molecule has 2 aliphatic heterocycles. The molecular weight excluding hydrogens is 338 g/mol. The molecule has 0 bridgehead atoms. The molecule has 0 unspecified atom stereocenters. The van der Waals surface area contributed by atoms with Gasteiger partial charge in [0.2, 0.25) is 11.8 Å². The summed E-state index contributed by atoms with van der Waals surface area (Å²) in [5, 5.41) is 0. The van der Waals surface area contributed by atoms with E-state index in [1.807, 2.05) is 19.2 Å². The van der Waals surface area contributed by atoms with Crippen LogP contribution in [-0.2, 0) is 16.1 Å². The van der Waals surface area contributed by atoms with Crippen LogP contribution in [0.3, 0.4) is 0 Å². The van der Waals surface area contributed by atoms with Crippen LogP contribution in [0, 0.1) is 11.8 Å². The Kier molecular flexibility index (Phi) is 5.30. The Morgan fingerprint density at radius 1 is 0.926 bits per heavy atom. The highest BCUT2D eigenvalue weighted by Crippen LogP contribution is 2.35. The number of nitrogens with zero attached hydrogens (tertiary/aromatic N) is 3. The topological polar surface area (TPSA) is 43.9 Å². The molecule has 0 radical (unpaired) electrons. The third kappa shape index (κ3) is 3.79. The molecule has 5 nitrogen and oxygen atoms in total. The zero-order chi connectivity index (χ0) is 18.8.